The second-order valence-electron chi connectivity index (χ2n) is 6.24. The molecule has 6 nitrogen and oxygen atoms in total. The van der Waals surface area contributed by atoms with Crippen LogP contribution in [0.4, 0.5) is 5.69 Å². The minimum Gasteiger partial charge on any atom is -0.457 e. The van der Waals surface area contributed by atoms with Crippen molar-refractivity contribution in [3.8, 4) is 6.07 Å². The number of nitriles is 1. The molecule has 3 aromatic carbocycles. The summed E-state index contributed by atoms with van der Waals surface area (Å²) in [5.74, 6) is -0.649. The molecule has 0 aromatic heterocycles. The molecule has 0 heterocycles. The third kappa shape index (κ3) is 5.21. The van der Waals surface area contributed by atoms with E-state index in [1.807, 2.05) is 37.3 Å². The van der Waals surface area contributed by atoms with Crippen LogP contribution in [-0.4, -0.2) is 10.9 Å². The predicted molar refractivity (Wildman–Crippen MR) is 109 cm³/mol. The van der Waals surface area contributed by atoms with Crippen LogP contribution in [-0.2, 0) is 11.3 Å². The zero-order valence-electron chi connectivity index (χ0n) is 15.5. The highest BCUT2D eigenvalue weighted by molar-refractivity contribution is 7.99. The van der Waals surface area contributed by atoms with Gasteiger partial charge in [-0.2, -0.15) is 5.26 Å². The highest BCUT2D eigenvalue weighted by Gasteiger charge is 2.19. The molecule has 0 aliphatic heterocycles. The van der Waals surface area contributed by atoms with E-state index < -0.39 is 10.9 Å². The van der Waals surface area contributed by atoms with Crippen molar-refractivity contribution in [2.75, 3.05) is 0 Å². The molecule has 3 rings (SSSR count). The summed E-state index contributed by atoms with van der Waals surface area (Å²) >= 11 is 1.27. The molecule has 0 bridgehead atoms. The van der Waals surface area contributed by atoms with E-state index in [0.717, 1.165) is 16.0 Å². The van der Waals surface area contributed by atoms with Crippen LogP contribution < -0.4 is 0 Å². The van der Waals surface area contributed by atoms with Crippen molar-refractivity contribution in [1.82, 2.24) is 0 Å². The standard InChI is InChI=1S/C22H16N2O4S/c1-15-2-9-19(10-3-15)29-21-11-8-18(12-20(21)24(26)27)22(25)28-14-17-6-4-16(13-23)5-7-17/h2-12H,14H2,1H3. The number of nitro benzene ring substituents is 1. The van der Waals surface area contributed by atoms with Gasteiger partial charge >= 0.3 is 5.97 Å². The maximum absolute atomic E-state index is 12.3. The Hall–Kier alpha value is -3.63. The van der Waals surface area contributed by atoms with E-state index in [0.29, 0.717) is 10.5 Å². The Morgan fingerprint density at radius 2 is 1.79 bits per heavy atom. The van der Waals surface area contributed by atoms with E-state index in [1.54, 1.807) is 30.3 Å². The van der Waals surface area contributed by atoms with E-state index in [9.17, 15) is 14.9 Å². The number of hydrogen-bond donors (Lipinski definition) is 0. The van der Waals surface area contributed by atoms with Crippen molar-refractivity contribution >= 4 is 23.4 Å². The summed E-state index contributed by atoms with van der Waals surface area (Å²) in [5.41, 5.74) is 2.29. The number of carbonyl (C=O) groups excluding carboxylic acids is 1. The Balaban J connectivity index is 1.74. The number of nitrogens with zero attached hydrogens (tertiary/aromatic N) is 2. The molecule has 0 fully saturated rings. The molecule has 144 valence electrons. The Morgan fingerprint density at radius 3 is 2.41 bits per heavy atom. The molecule has 0 saturated carbocycles. The molecule has 0 atom stereocenters. The van der Waals surface area contributed by atoms with Crippen LogP contribution in [0.3, 0.4) is 0 Å². The molecule has 29 heavy (non-hydrogen) atoms. The maximum Gasteiger partial charge on any atom is 0.338 e. The van der Waals surface area contributed by atoms with Gasteiger partial charge in [-0.05, 0) is 48.9 Å². The van der Waals surface area contributed by atoms with Crippen LogP contribution in [0.5, 0.6) is 0 Å². The molecule has 0 N–H and O–H groups in total. The minimum atomic E-state index is -0.649. The average molecular weight is 404 g/mol. The molecule has 0 spiro atoms. The number of hydrogen-bond acceptors (Lipinski definition) is 6. The summed E-state index contributed by atoms with van der Waals surface area (Å²) in [6, 6.07) is 20.6. The van der Waals surface area contributed by atoms with Crippen LogP contribution in [0.1, 0.15) is 27.0 Å². The molecule has 7 heteroatoms. The summed E-state index contributed by atoms with van der Waals surface area (Å²) < 4.78 is 5.24. The normalized spacial score (nSPS) is 10.2. The van der Waals surface area contributed by atoms with E-state index in [4.69, 9.17) is 10.00 Å². The molecule has 0 amide bonds. The Bertz CT molecular complexity index is 1090. The van der Waals surface area contributed by atoms with Gasteiger partial charge in [0.2, 0.25) is 0 Å². The first-order chi connectivity index (χ1) is 14.0. The van der Waals surface area contributed by atoms with Gasteiger partial charge in [-0.25, -0.2) is 4.79 Å². The van der Waals surface area contributed by atoms with Crippen molar-refractivity contribution in [2.45, 2.75) is 23.3 Å². The number of ether oxygens (including phenoxy) is 1. The summed E-state index contributed by atoms with van der Waals surface area (Å²) in [7, 11) is 0. The molecule has 0 unspecified atom stereocenters. The lowest BCUT2D eigenvalue weighted by atomic mass is 10.1. The zero-order valence-corrected chi connectivity index (χ0v) is 16.3. The molecule has 0 aliphatic carbocycles. The van der Waals surface area contributed by atoms with E-state index in [1.165, 1.54) is 23.9 Å². The SMILES string of the molecule is Cc1ccc(Sc2ccc(C(=O)OCc3ccc(C#N)cc3)cc2[N+](=O)[O-])cc1. The lowest BCUT2D eigenvalue weighted by Crippen LogP contribution is -2.06. The molecular formula is C22H16N2O4S. The van der Waals surface area contributed by atoms with Gasteiger partial charge in [0.05, 0.1) is 27.0 Å². The van der Waals surface area contributed by atoms with Crippen LogP contribution in [0.25, 0.3) is 0 Å². The molecular weight excluding hydrogens is 388 g/mol. The number of carbonyl (C=O) groups is 1. The summed E-state index contributed by atoms with van der Waals surface area (Å²) in [6.07, 6.45) is 0. The quantitative estimate of drug-likeness (QED) is 0.315. The summed E-state index contributed by atoms with van der Waals surface area (Å²) in [5, 5.41) is 20.3. The Morgan fingerprint density at radius 1 is 1.10 bits per heavy atom. The van der Waals surface area contributed by atoms with Crippen LogP contribution >= 0.6 is 11.8 Å². The maximum atomic E-state index is 12.3. The van der Waals surface area contributed by atoms with Crippen molar-refractivity contribution < 1.29 is 14.5 Å². The fraction of sp³-hybridized carbons (Fsp3) is 0.0909. The molecule has 0 saturated heterocycles. The number of aryl methyl sites for hydroxylation is 1. The summed E-state index contributed by atoms with van der Waals surface area (Å²) in [4.78, 5) is 24.6. The second-order valence-corrected chi connectivity index (χ2v) is 7.35. The van der Waals surface area contributed by atoms with E-state index in [-0.39, 0.29) is 17.9 Å². The van der Waals surface area contributed by atoms with Crippen LogP contribution in [0.15, 0.2) is 76.5 Å². The lowest BCUT2D eigenvalue weighted by molar-refractivity contribution is -0.387. The number of rotatable bonds is 6. The topological polar surface area (TPSA) is 93.2 Å². The van der Waals surface area contributed by atoms with Gasteiger partial charge in [0, 0.05) is 11.0 Å². The second kappa shape index (κ2) is 9.04. The highest BCUT2D eigenvalue weighted by atomic mass is 32.2. The zero-order chi connectivity index (χ0) is 20.8. The van der Waals surface area contributed by atoms with Gasteiger partial charge < -0.3 is 4.74 Å². The smallest absolute Gasteiger partial charge is 0.338 e. The largest absolute Gasteiger partial charge is 0.457 e. The van der Waals surface area contributed by atoms with Gasteiger partial charge in [0.25, 0.3) is 5.69 Å². The molecule has 3 aromatic rings. The summed E-state index contributed by atoms with van der Waals surface area (Å²) in [6.45, 7) is 1.98. The lowest BCUT2D eigenvalue weighted by Gasteiger charge is -2.07. The fourth-order valence-electron chi connectivity index (χ4n) is 2.51. The van der Waals surface area contributed by atoms with Crippen molar-refractivity contribution in [3.05, 3.63) is 99.1 Å². The first-order valence-corrected chi connectivity index (χ1v) is 9.47. The number of benzene rings is 3. The fourth-order valence-corrected chi connectivity index (χ4v) is 3.41. The third-order valence-electron chi connectivity index (χ3n) is 4.09. The van der Waals surface area contributed by atoms with E-state index >= 15 is 0 Å². The van der Waals surface area contributed by atoms with Gasteiger partial charge in [-0.1, -0.05) is 41.6 Å². The van der Waals surface area contributed by atoms with Gasteiger partial charge in [0.15, 0.2) is 0 Å². The first kappa shape index (κ1) is 20.1. The van der Waals surface area contributed by atoms with Crippen LogP contribution in [0.2, 0.25) is 0 Å². The molecule has 0 radical (unpaired) electrons. The average Bonchev–Trinajstić information content (AvgIpc) is 2.74. The Labute approximate surface area is 171 Å². The van der Waals surface area contributed by atoms with Crippen LogP contribution in [0, 0.1) is 28.4 Å². The first-order valence-electron chi connectivity index (χ1n) is 8.65. The van der Waals surface area contributed by atoms with Crippen molar-refractivity contribution in [3.63, 3.8) is 0 Å². The highest BCUT2D eigenvalue weighted by Crippen LogP contribution is 2.35. The van der Waals surface area contributed by atoms with Crippen molar-refractivity contribution in [2.24, 2.45) is 0 Å². The number of esters is 1. The van der Waals surface area contributed by atoms with Gasteiger partial charge in [-0.15, -0.1) is 0 Å². The molecule has 0 aliphatic rings. The number of nitro groups is 1. The minimum absolute atomic E-state index is 0.0121. The Kier molecular flexibility index (Phi) is 6.27. The van der Waals surface area contributed by atoms with Gasteiger partial charge in [-0.3, -0.25) is 10.1 Å². The predicted octanol–water partition coefficient (Wildman–Crippen LogP) is 5.28. The monoisotopic (exact) mass is 404 g/mol. The third-order valence-corrected chi connectivity index (χ3v) is 5.17. The van der Waals surface area contributed by atoms with E-state index in [2.05, 4.69) is 0 Å². The van der Waals surface area contributed by atoms with Crippen molar-refractivity contribution in [1.29, 1.82) is 5.26 Å². The van der Waals surface area contributed by atoms with Gasteiger partial charge in [0.1, 0.15) is 6.61 Å².